The molecule has 112 valence electrons. The van der Waals surface area contributed by atoms with Gasteiger partial charge in [0, 0.05) is 0 Å². The van der Waals surface area contributed by atoms with Crippen LogP contribution in [0.1, 0.15) is 5.56 Å². The van der Waals surface area contributed by atoms with E-state index in [1.807, 2.05) is 0 Å². The highest BCUT2D eigenvalue weighted by Crippen LogP contribution is 2.14. The SMILES string of the molecule is O=C1NC(=O)C(=Cc2ccc(OCCOCCO)cc2)N1. The van der Waals surface area contributed by atoms with Gasteiger partial charge in [-0.25, -0.2) is 4.79 Å². The molecule has 1 fully saturated rings. The maximum absolute atomic E-state index is 11.4. The molecule has 1 heterocycles. The van der Waals surface area contributed by atoms with Gasteiger partial charge in [0.2, 0.25) is 0 Å². The van der Waals surface area contributed by atoms with Crippen molar-refractivity contribution >= 4 is 18.0 Å². The number of carbonyl (C=O) groups is 2. The van der Waals surface area contributed by atoms with Crippen LogP contribution in [0.5, 0.6) is 5.75 Å². The van der Waals surface area contributed by atoms with E-state index in [9.17, 15) is 9.59 Å². The van der Waals surface area contributed by atoms with Gasteiger partial charge in [-0.3, -0.25) is 10.1 Å². The fourth-order valence-corrected chi connectivity index (χ4v) is 1.69. The third kappa shape index (κ3) is 4.59. The lowest BCUT2D eigenvalue weighted by atomic mass is 10.2. The van der Waals surface area contributed by atoms with Crippen molar-refractivity contribution in [2.24, 2.45) is 0 Å². The van der Waals surface area contributed by atoms with Crippen molar-refractivity contribution in [1.82, 2.24) is 10.6 Å². The Morgan fingerprint density at radius 3 is 2.43 bits per heavy atom. The van der Waals surface area contributed by atoms with Gasteiger partial charge in [0.05, 0.1) is 19.8 Å². The first-order valence-electron chi connectivity index (χ1n) is 6.44. The van der Waals surface area contributed by atoms with Crippen LogP contribution < -0.4 is 15.4 Å². The molecule has 7 nitrogen and oxygen atoms in total. The topological polar surface area (TPSA) is 96.9 Å². The highest BCUT2D eigenvalue weighted by atomic mass is 16.5. The van der Waals surface area contributed by atoms with Gasteiger partial charge in [-0.15, -0.1) is 0 Å². The second-order valence-electron chi connectivity index (χ2n) is 4.22. The Morgan fingerprint density at radius 2 is 1.81 bits per heavy atom. The molecule has 1 aromatic rings. The van der Waals surface area contributed by atoms with Gasteiger partial charge in [-0.1, -0.05) is 12.1 Å². The van der Waals surface area contributed by atoms with Crippen molar-refractivity contribution in [1.29, 1.82) is 0 Å². The van der Waals surface area contributed by atoms with E-state index in [2.05, 4.69) is 10.6 Å². The molecule has 0 bridgehead atoms. The number of rotatable bonds is 7. The lowest BCUT2D eigenvalue weighted by Gasteiger charge is -2.06. The number of aliphatic hydroxyl groups is 1. The average Bonchev–Trinajstić information content (AvgIpc) is 2.78. The number of imide groups is 1. The first kappa shape index (κ1) is 15.0. The van der Waals surface area contributed by atoms with Crippen LogP contribution >= 0.6 is 0 Å². The van der Waals surface area contributed by atoms with E-state index in [4.69, 9.17) is 14.6 Å². The van der Waals surface area contributed by atoms with Crippen molar-refractivity contribution in [3.63, 3.8) is 0 Å². The van der Waals surface area contributed by atoms with Crippen molar-refractivity contribution in [2.75, 3.05) is 26.4 Å². The summed E-state index contributed by atoms with van der Waals surface area (Å²) in [5.74, 6) is 0.228. The summed E-state index contributed by atoms with van der Waals surface area (Å²) in [4.78, 5) is 22.3. The lowest BCUT2D eigenvalue weighted by Crippen LogP contribution is -2.22. The van der Waals surface area contributed by atoms with Gasteiger partial charge >= 0.3 is 6.03 Å². The quantitative estimate of drug-likeness (QED) is 0.380. The maximum atomic E-state index is 11.4. The highest BCUT2D eigenvalue weighted by Gasteiger charge is 2.22. The molecule has 0 radical (unpaired) electrons. The first-order chi connectivity index (χ1) is 10.2. The Bertz CT molecular complexity index is 539. The van der Waals surface area contributed by atoms with Gasteiger partial charge < -0.3 is 19.9 Å². The molecule has 0 unspecified atom stereocenters. The molecule has 1 saturated heterocycles. The van der Waals surface area contributed by atoms with Crippen LogP contribution in [-0.4, -0.2) is 43.5 Å². The third-order valence-electron chi connectivity index (χ3n) is 2.64. The van der Waals surface area contributed by atoms with Gasteiger partial charge in [-0.05, 0) is 23.8 Å². The summed E-state index contributed by atoms with van der Waals surface area (Å²) < 4.78 is 10.5. The van der Waals surface area contributed by atoms with Crippen molar-refractivity contribution < 1.29 is 24.2 Å². The zero-order chi connectivity index (χ0) is 15.1. The summed E-state index contributed by atoms with van der Waals surface area (Å²) in [6.45, 7) is 1.08. The van der Waals surface area contributed by atoms with Crippen molar-refractivity contribution in [3.05, 3.63) is 35.5 Å². The first-order valence-corrected chi connectivity index (χ1v) is 6.44. The summed E-state index contributed by atoms with van der Waals surface area (Å²) in [5, 5.41) is 13.1. The van der Waals surface area contributed by atoms with E-state index in [1.54, 1.807) is 30.3 Å². The summed E-state index contributed by atoms with van der Waals surface area (Å²) >= 11 is 0. The number of hydrogen-bond donors (Lipinski definition) is 3. The van der Waals surface area contributed by atoms with Gasteiger partial charge in [0.25, 0.3) is 5.91 Å². The number of nitrogens with one attached hydrogen (secondary N) is 2. The molecule has 0 aromatic heterocycles. The van der Waals surface area contributed by atoms with E-state index in [-0.39, 0.29) is 12.3 Å². The number of amides is 3. The minimum atomic E-state index is -0.519. The van der Waals surface area contributed by atoms with E-state index >= 15 is 0 Å². The number of urea groups is 1. The Kier molecular flexibility index (Phi) is 5.30. The molecule has 0 aliphatic carbocycles. The second-order valence-corrected chi connectivity index (χ2v) is 4.22. The Morgan fingerprint density at radius 1 is 1.05 bits per heavy atom. The molecule has 7 heteroatoms. The summed E-state index contributed by atoms with van der Waals surface area (Å²) in [6.07, 6.45) is 1.58. The monoisotopic (exact) mass is 292 g/mol. The lowest BCUT2D eigenvalue weighted by molar-refractivity contribution is -0.115. The molecule has 1 aromatic carbocycles. The minimum Gasteiger partial charge on any atom is -0.491 e. The van der Waals surface area contributed by atoms with Crippen LogP contribution in [0.3, 0.4) is 0 Å². The molecule has 3 amide bonds. The smallest absolute Gasteiger partial charge is 0.326 e. The molecule has 3 N–H and O–H groups in total. The van der Waals surface area contributed by atoms with E-state index in [0.29, 0.717) is 25.6 Å². The zero-order valence-corrected chi connectivity index (χ0v) is 11.3. The van der Waals surface area contributed by atoms with Gasteiger partial charge in [0.15, 0.2) is 0 Å². The largest absolute Gasteiger partial charge is 0.491 e. The molecule has 0 atom stereocenters. The molecular formula is C14H16N2O5. The average molecular weight is 292 g/mol. The molecule has 1 aliphatic heterocycles. The summed E-state index contributed by atoms with van der Waals surface area (Å²) in [7, 11) is 0. The molecule has 0 spiro atoms. The standard InChI is InChI=1S/C14H16N2O5/c17-5-6-20-7-8-21-11-3-1-10(2-4-11)9-12-13(18)16-14(19)15-12/h1-4,9,17H,5-8H2,(H2,15,16,18,19). The maximum Gasteiger partial charge on any atom is 0.326 e. The number of benzene rings is 1. The van der Waals surface area contributed by atoms with Crippen molar-refractivity contribution in [3.8, 4) is 5.75 Å². The van der Waals surface area contributed by atoms with Gasteiger partial charge in [0.1, 0.15) is 18.1 Å². The fourth-order valence-electron chi connectivity index (χ4n) is 1.69. The predicted molar refractivity (Wildman–Crippen MR) is 74.5 cm³/mol. The Balaban J connectivity index is 1.86. The van der Waals surface area contributed by atoms with Crippen LogP contribution in [-0.2, 0) is 9.53 Å². The van der Waals surface area contributed by atoms with E-state index < -0.39 is 11.9 Å². The van der Waals surface area contributed by atoms with Crippen LogP contribution in [0.2, 0.25) is 0 Å². The van der Waals surface area contributed by atoms with Gasteiger partial charge in [-0.2, -0.15) is 0 Å². The minimum absolute atomic E-state index is 0.00647. The molecule has 2 rings (SSSR count). The number of hydrogen-bond acceptors (Lipinski definition) is 5. The summed E-state index contributed by atoms with van der Waals surface area (Å²) in [5.41, 5.74) is 0.984. The number of aliphatic hydroxyl groups excluding tert-OH is 1. The van der Waals surface area contributed by atoms with Crippen LogP contribution in [0.25, 0.3) is 6.08 Å². The molecule has 1 aliphatic rings. The molecule has 21 heavy (non-hydrogen) atoms. The van der Waals surface area contributed by atoms with Crippen LogP contribution in [0, 0.1) is 0 Å². The molecule has 0 saturated carbocycles. The number of ether oxygens (including phenoxy) is 2. The zero-order valence-electron chi connectivity index (χ0n) is 11.3. The van der Waals surface area contributed by atoms with E-state index in [1.165, 1.54) is 0 Å². The Labute approximate surface area is 121 Å². The fraction of sp³-hybridized carbons (Fsp3) is 0.286. The molecular weight excluding hydrogens is 276 g/mol. The van der Waals surface area contributed by atoms with Crippen LogP contribution in [0.4, 0.5) is 4.79 Å². The highest BCUT2D eigenvalue weighted by molar-refractivity contribution is 6.13. The number of carbonyl (C=O) groups excluding carboxylic acids is 2. The Hall–Kier alpha value is -2.38. The third-order valence-corrected chi connectivity index (χ3v) is 2.64. The summed E-state index contributed by atoms with van der Waals surface area (Å²) in [6, 6.07) is 6.54. The predicted octanol–water partition coefficient (Wildman–Crippen LogP) is 0.255. The normalized spacial score (nSPS) is 16.0. The van der Waals surface area contributed by atoms with E-state index in [0.717, 1.165) is 5.56 Å². The second kappa shape index (κ2) is 7.41. The van der Waals surface area contributed by atoms with Crippen molar-refractivity contribution in [2.45, 2.75) is 0 Å². The van der Waals surface area contributed by atoms with Crippen LogP contribution in [0.15, 0.2) is 30.0 Å².